The number of rotatable bonds is 2. The summed E-state index contributed by atoms with van der Waals surface area (Å²) in [6.45, 7) is 0. The summed E-state index contributed by atoms with van der Waals surface area (Å²) >= 11 is 1.07. The standard InChI is InChI=1S/C13H11N5O2S/c14-8-7-9(5-2-1-3-6(19)4-5)17-13(16)18-12(7)21-10(8)11(15)20/h1-4,19H,14H2,(H2,15,20)(H2,16,17,18). The number of fused-ring (bicyclic) bond motifs is 1. The quantitative estimate of drug-likeness (QED) is 0.562. The van der Waals surface area contributed by atoms with Gasteiger partial charge in [0.25, 0.3) is 5.91 Å². The van der Waals surface area contributed by atoms with Crippen molar-refractivity contribution >= 4 is 39.1 Å². The van der Waals surface area contributed by atoms with Crippen LogP contribution in [0.2, 0.25) is 0 Å². The summed E-state index contributed by atoms with van der Waals surface area (Å²) in [4.78, 5) is 20.4. The molecule has 0 radical (unpaired) electrons. The number of primary amides is 1. The van der Waals surface area contributed by atoms with Crippen molar-refractivity contribution in [2.24, 2.45) is 5.73 Å². The van der Waals surface area contributed by atoms with Crippen LogP contribution in [-0.2, 0) is 0 Å². The fraction of sp³-hybridized carbons (Fsp3) is 0. The van der Waals surface area contributed by atoms with Gasteiger partial charge in [0.2, 0.25) is 5.95 Å². The Balaban J connectivity index is 2.39. The zero-order valence-corrected chi connectivity index (χ0v) is 11.5. The molecule has 0 unspecified atom stereocenters. The number of phenols is 1. The number of phenolic OH excluding ortho intramolecular Hbond substituents is 1. The minimum Gasteiger partial charge on any atom is -0.508 e. The Hall–Kier alpha value is -2.87. The molecule has 2 heterocycles. The van der Waals surface area contributed by atoms with Gasteiger partial charge in [-0.2, -0.15) is 0 Å². The maximum absolute atomic E-state index is 11.4. The summed E-state index contributed by atoms with van der Waals surface area (Å²) in [5.74, 6) is -0.490. The van der Waals surface area contributed by atoms with Crippen molar-refractivity contribution in [3.63, 3.8) is 0 Å². The number of thiophene rings is 1. The first-order valence-corrected chi connectivity index (χ1v) is 6.73. The fourth-order valence-corrected chi connectivity index (χ4v) is 3.04. The molecule has 0 aliphatic rings. The number of hydrogen-bond donors (Lipinski definition) is 4. The second-order valence-corrected chi connectivity index (χ2v) is 5.37. The van der Waals surface area contributed by atoms with E-state index < -0.39 is 5.91 Å². The molecule has 0 saturated heterocycles. The first-order chi connectivity index (χ1) is 9.97. The Morgan fingerprint density at radius 1 is 1.24 bits per heavy atom. The van der Waals surface area contributed by atoms with E-state index in [1.165, 1.54) is 12.1 Å². The Morgan fingerprint density at radius 3 is 2.67 bits per heavy atom. The SMILES string of the molecule is NC(=O)c1sc2nc(N)nc(-c3cccc(O)c3)c2c1N. The summed E-state index contributed by atoms with van der Waals surface area (Å²) in [5.41, 5.74) is 18.3. The monoisotopic (exact) mass is 301 g/mol. The van der Waals surface area contributed by atoms with E-state index in [2.05, 4.69) is 9.97 Å². The number of amides is 1. The molecule has 0 saturated carbocycles. The smallest absolute Gasteiger partial charge is 0.260 e. The van der Waals surface area contributed by atoms with Crippen LogP contribution >= 0.6 is 11.3 Å². The zero-order chi connectivity index (χ0) is 15.1. The van der Waals surface area contributed by atoms with Gasteiger partial charge in [0, 0.05) is 5.56 Å². The lowest BCUT2D eigenvalue weighted by Gasteiger charge is -2.05. The van der Waals surface area contributed by atoms with E-state index in [1.807, 2.05) is 0 Å². The predicted molar refractivity (Wildman–Crippen MR) is 81.9 cm³/mol. The highest BCUT2D eigenvalue weighted by atomic mass is 32.1. The summed E-state index contributed by atoms with van der Waals surface area (Å²) < 4.78 is 0. The number of carbonyl (C=O) groups is 1. The molecular formula is C13H11N5O2S. The third-order valence-corrected chi connectivity index (χ3v) is 4.06. The van der Waals surface area contributed by atoms with Crippen LogP contribution < -0.4 is 17.2 Å². The van der Waals surface area contributed by atoms with E-state index in [0.717, 1.165) is 11.3 Å². The highest BCUT2D eigenvalue weighted by Gasteiger charge is 2.20. The zero-order valence-electron chi connectivity index (χ0n) is 10.7. The maximum atomic E-state index is 11.4. The highest BCUT2D eigenvalue weighted by molar-refractivity contribution is 7.21. The van der Waals surface area contributed by atoms with E-state index in [4.69, 9.17) is 17.2 Å². The third kappa shape index (κ3) is 2.11. The number of carbonyl (C=O) groups excluding carboxylic acids is 1. The number of anilines is 2. The topological polar surface area (TPSA) is 141 Å². The number of nitrogen functional groups attached to an aromatic ring is 2. The summed E-state index contributed by atoms with van der Waals surface area (Å²) in [5, 5.41) is 10.1. The molecule has 1 amide bonds. The second-order valence-electron chi connectivity index (χ2n) is 4.37. The van der Waals surface area contributed by atoms with Crippen LogP contribution in [-0.4, -0.2) is 21.0 Å². The molecule has 0 spiro atoms. The first-order valence-electron chi connectivity index (χ1n) is 5.92. The number of benzene rings is 1. The van der Waals surface area contributed by atoms with Gasteiger partial charge < -0.3 is 22.3 Å². The van der Waals surface area contributed by atoms with Crippen LogP contribution in [0.5, 0.6) is 5.75 Å². The van der Waals surface area contributed by atoms with Gasteiger partial charge >= 0.3 is 0 Å². The number of aromatic nitrogens is 2. The Bertz CT molecular complexity index is 874. The third-order valence-electron chi connectivity index (χ3n) is 2.95. The second kappa shape index (κ2) is 4.60. The molecule has 1 aromatic carbocycles. The summed E-state index contributed by atoms with van der Waals surface area (Å²) in [6.07, 6.45) is 0. The van der Waals surface area contributed by atoms with Crippen LogP contribution in [0.3, 0.4) is 0 Å². The van der Waals surface area contributed by atoms with Crippen LogP contribution in [0.1, 0.15) is 9.67 Å². The van der Waals surface area contributed by atoms with Crippen LogP contribution in [0.25, 0.3) is 21.5 Å². The van der Waals surface area contributed by atoms with Gasteiger partial charge in [0.05, 0.1) is 16.8 Å². The van der Waals surface area contributed by atoms with Crippen molar-refractivity contribution in [3.05, 3.63) is 29.1 Å². The molecule has 8 heteroatoms. The number of nitrogens with two attached hydrogens (primary N) is 3. The Morgan fingerprint density at radius 2 is 2.00 bits per heavy atom. The predicted octanol–water partition coefficient (Wildman–Crippen LogP) is 1.33. The van der Waals surface area contributed by atoms with Crippen molar-refractivity contribution in [1.82, 2.24) is 9.97 Å². The fourth-order valence-electron chi connectivity index (χ4n) is 2.08. The minimum atomic E-state index is -0.629. The van der Waals surface area contributed by atoms with Gasteiger partial charge in [-0.25, -0.2) is 9.97 Å². The molecule has 0 aliphatic heterocycles. The first kappa shape index (κ1) is 13.1. The lowest BCUT2D eigenvalue weighted by Crippen LogP contribution is -2.10. The lowest BCUT2D eigenvalue weighted by molar-refractivity contribution is 0.100. The highest BCUT2D eigenvalue weighted by Crippen LogP contribution is 2.38. The Kier molecular flexibility index (Phi) is 2.88. The molecule has 21 heavy (non-hydrogen) atoms. The van der Waals surface area contributed by atoms with E-state index in [9.17, 15) is 9.90 Å². The van der Waals surface area contributed by atoms with E-state index >= 15 is 0 Å². The van der Waals surface area contributed by atoms with Crippen molar-refractivity contribution in [2.45, 2.75) is 0 Å². The number of nitrogens with zero attached hydrogens (tertiary/aromatic N) is 2. The molecular weight excluding hydrogens is 290 g/mol. The minimum absolute atomic E-state index is 0.0538. The molecule has 0 fully saturated rings. The van der Waals surface area contributed by atoms with Crippen LogP contribution in [0, 0.1) is 0 Å². The van der Waals surface area contributed by atoms with Gasteiger partial charge in [-0.3, -0.25) is 4.79 Å². The van der Waals surface area contributed by atoms with Crippen molar-refractivity contribution in [2.75, 3.05) is 11.5 Å². The van der Waals surface area contributed by atoms with Gasteiger partial charge in [-0.05, 0) is 12.1 Å². The van der Waals surface area contributed by atoms with Gasteiger partial charge in [-0.15, -0.1) is 11.3 Å². The molecule has 7 nitrogen and oxygen atoms in total. The average Bonchev–Trinajstić information content (AvgIpc) is 2.75. The van der Waals surface area contributed by atoms with Gasteiger partial charge in [0.1, 0.15) is 15.5 Å². The van der Waals surface area contributed by atoms with Crippen molar-refractivity contribution in [3.8, 4) is 17.0 Å². The molecule has 3 aromatic rings. The van der Waals surface area contributed by atoms with E-state index in [1.54, 1.807) is 12.1 Å². The molecule has 0 bridgehead atoms. The summed E-state index contributed by atoms with van der Waals surface area (Å²) in [6, 6.07) is 6.49. The van der Waals surface area contributed by atoms with Gasteiger partial charge in [-0.1, -0.05) is 12.1 Å². The van der Waals surface area contributed by atoms with E-state index in [-0.39, 0.29) is 22.3 Å². The molecule has 2 aromatic heterocycles. The summed E-state index contributed by atoms with van der Waals surface area (Å²) in [7, 11) is 0. The largest absolute Gasteiger partial charge is 0.508 e. The van der Waals surface area contributed by atoms with Crippen LogP contribution in [0.4, 0.5) is 11.6 Å². The maximum Gasteiger partial charge on any atom is 0.260 e. The normalized spacial score (nSPS) is 10.9. The molecule has 3 rings (SSSR count). The number of aromatic hydroxyl groups is 1. The van der Waals surface area contributed by atoms with E-state index in [0.29, 0.717) is 21.5 Å². The molecule has 0 aliphatic carbocycles. The Labute approximate surface area is 123 Å². The molecule has 7 N–H and O–H groups in total. The molecule has 0 atom stereocenters. The molecule has 106 valence electrons. The average molecular weight is 301 g/mol. The lowest BCUT2D eigenvalue weighted by atomic mass is 10.1. The van der Waals surface area contributed by atoms with Gasteiger partial charge in [0.15, 0.2) is 0 Å². The number of hydrogen-bond acceptors (Lipinski definition) is 7. The van der Waals surface area contributed by atoms with Crippen LogP contribution in [0.15, 0.2) is 24.3 Å². The van der Waals surface area contributed by atoms with Crippen molar-refractivity contribution in [1.29, 1.82) is 0 Å². The van der Waals surface area contributed by atoms with Crippen molar-refractivity contribution < 1.29 is 9.90 Å².